The van der Waals surface area contributed by atoms with Crippen molar-refractivity contribution < 1.29 is 0 Å². The van der Waals surface area contributed by atoms with E-state index in [0.717, 1.165) is 68.8 Å². The van der Waals surface area contributed by atoms with Gasteiger partial charge < -0.3 is 10.6 Å². The van der Waals surface area contributed by atoms with E-state index in [0.29, 0.717) is 0 Å². The molecule has 2 N–H and O–H groups in total. The lowest BCUT2D eigenvalue weighted by molar-refractivity contribution is 0.179. The summed E-state index contributed by atoms with van der Waals surface area (Å²) in [5.74, 6) is 3.88. The molecule has 4 saturated carbocycles. The van der Waals surface area contributed by atoms with Crippen LogP contribution in [0.1, 0.15) is 123 Å². The molecule has 200 valence electrons. The quantitative estimate of drug-likeness (QED) is 0.396. The predicted octanol–water partition coefficient (Wildman–Crippen LogP) is 7.80. The summed E-state index contributed by atoms with van der Waals surface area (Å²) in [6.45, 7) is 5.03. The molecule has 12 atom stereocenters. The van der Waals surface area contributed by atoms with Crippen LogP contribution in [0.15, 0.2) is 0 Å². The molecule has 0 amide bonds. The first-order valence-corrected chi connectivity index (χ1v) is 17.9. The summed E-state index contributed by atoms with van der Waals surface area (Å²) in [6, 6.07) is 3.26. The smallest absolute Gasteiger partial charge is 0.0204 e. The largest absolute Gasteiger partial charge is 0.309 e. The summed E-state index contributed by atoms with van der Waals surface area (Å²) in [5, 5.41) is 12.1. The lowest BCUT2D eigenvalue weighted by Gasteiger charge is -2.44. The third kappa shape index (κ3) is 5.67. The molecule has 0 aromatic heterocycles. The van der Waals surface area contributed by atoms with Crippen LogP contribution in [-0.2, 0) is 0 Å². The topological polar surface area (TPSA) is 24.1 Å². The van der Waals surface area contributed by atoms with E-state index in [4.69, 9.17) is 0 Å². The Morgan fingerprint density at radius 1 is 0.486 bits per heavy atom. The molecular formula is C31H54N2S2. The molecule has 2 saturated heterocycles. The minimum absolute atomic E-state index is 0.803. The van der Waals surface area contributed by atoms with Crippen LogP contribution in [0.5, 0.6) is 0 Å². The molecule has 0 spiro atoms. The maximum absolute atomic E-state index is 4.24. The first-order valence-electron chi connectivity index (χ1n) is 16.0. The highest BCUT2D eigenvalue weighted by atomic mass is 32.2. The summed E-state index contributed by atoms with van der Waals surface area (Å²) in [4.78, 5) is 0. The molecule has 2 nitrogen and oxygen atoms in total. The van der Waals surface area contributed by atoms with Gasteiger partial charge in [0, 0.05) is 45.2 Å². The first-order chi connectivity index (χ1) is 17.2. The standard InChI is InChI=1S/C31H54N2S2/c1-3-20-18-26-30(34-28-11-7-5-9-24(28)32-26)15-13-22(20)17-23-14-16-31-27(19-21(23)4-2)33-25-10-6-8-12-29(25)35-31/h20-33H,3-19H2,1-2H3. The number of rotatable bonds is 4. The molecule has 0 bridgehead atoms. The molecular weight excluding hydrogens is 464 g/mol. The van der Waals surface area contributed by atoms with E-state index in [1.165, 1.54) is 103 Å². The molecule has 0 aromatic rings. The van der Waals surface area contributed by atoms with Crippen LogP contribution in [-0.4, -0.2) is 45.2 Å². The van der Waals surface area contributed by atoms with Crippen LogP contribution < -0.4 is 10.6 Å². The Bertz CT molecular complexity index is 631. The zero-order chi connectivity index (χ0) is 23.8. The van der Waals surface area contributed by atoms with Gasteiger partial charge in [-0.25, -0.2) is 0 Å². The molecule has 2 heterocycles. The lowest BCUT2D eigenvalue weighted by atomic mass is 9.73. The molecule has 4 heteroatoms. The van der Waals surface area contributed by atoms with E-state index in [1.807, 2.05) is 0 Å². The lowest BCUT2D eigenvalue weighted by Crippen LogP contribution is -2.55. The van der Waals surface area contributed by atoms with Crippen molar-refractivity contribution in [2.24, 2.45) is 23.7 Å². The van der Waals surface area contributed by atoms with Crippen LogP contribution in [0.25, 0.3) is 0 Å². The first kappa shape index (κ1) is 25.9. The number of hydrogen-bond donors (Lipinski definition) is 2. The summed E-state index contributed by atoms with van der Waals surface area (Å²) in [7, 11) is 0. The molecule has 6 fully saturated rings. The van der Waals surface area contributed by atoms with Gasteiger partial charge in [0.1, 0.15) is 0 Å². The molecule has 4 aliphatic carbocycles. The molecule has 0 aromatic carbocycles. The molecule has 0 radical (unpaired) electrons. The third-order valence-electron chi connectivity index (χ3n) is 11.6. The van der Waals surface area contributed by atoms with Crippen molar-refractivity contribution in [1.82, 2.24) is 10.6 Å². The van der Waals surface area contributed by atoms with Crippen LogP contribution in [0.4, 0.5) is 0 Å². The third-order valence-corrected chi connectivity index (χ3v) is 15.3. The van der Waals surface area contributed by atoms with Crippen LogP contribution in [0.3, 0.4) is 0 Å². The van der Waals surface area contributed by atoms with Crippen LogP contribution >= 0.6 is 23.5 Å². The number of nitrogens with one attached hydrogen (secondary N) is 2. The highest BCUT2D eigenvalue weighted by Crippen LogP contribution is 2.49. The van der Waals surface area contributed by atoms with Crippen molar-refractivity contribution >= 4 is 23.5 Å². The fourth-order valence-electron chi connectivity index (χ4n) is 9.56. The van der Waals surface area contributed by atoms with Gasteiger partial charge in [-0.2, -0.15) is 23.5 Å². The van der Waals surface area contributed by atoms with E-state index >= 15 is 0 Å². The molecule has 12 unspecified atom stereocenters. The van der Waals surface area contributed by atoms with Gasteiger partial charge in [-0.1, -0.05) is 52.4 Å². The van der Waals surface area contributed by atoms with E-state index in [-0.39, 0.29) is 0 Å². The Labute approximate surface area is 225 Å². The van der Waals surface area contributed by atoms with Gasteiger partial charge in [0.05, 0.1) is 0 Å². The van der Waals surface area contributed by atoms with Crippen LogP contribution in [0.2, 0.25) is 0 Å². The fourth-order valence-corrected chi connectivity index (χ4v) is 13.2. The van der Waals surface area contributed by atoms with Crippen molar-refractivity contribution in [3.63, 3.8) is 0 Å². The zero-order valence-electron chi connectivity index (χ0n) is 22.8. The average molecular weight is 519 g/mol. The highest BCUT2D eigenvalue weighted by molar-refractivity contribution is 8.00. The Kier molecular flexibility index (Phi) is 8.71. The minimum atomic E-state index is 0.803. The van der Waals surface area contributed by atoms with E-state index in [2.05, 4.69) is 48.0 Å². The minimum Gasteiger partial charge on any atom is -0.309 e. The SMILES string of the molecule is CCC1CC2NC3CCCCC3SC2CCC1CC1CCC2SC3CCCCC3NC2CC1CC. The Hall–Kier alpha value is 0.620. The monoisotopic (exact) mass is 518 g/mol. The molecule has 6 aliphatic rings. The summed E-state index contributed by atoms with van der Waals surface area (Å²) >= 11 is 4.86. The van der Waals surface area contributed by atoms with Crippen molar-refractivity contribution in [1.29, 1.82) is 0 Å². The maximum atomic E-state index is 4.24. The second-order valence-electron chi connectivity index (χ2n) is 13.5. The van der Waals surface area contributed by atoms with Gasteiger partial charge in [-0.05, 0) is 94.3 Å². The van der Waals surface area contributed by atoms with E-state index in [9.17, 15) is 0 Å². The second kappa shape index (κ2) is 11.8. The Morgan fingerprint density at radius 3 is 1.37 bits per heavy atom. The summed E-state index contributed by atoms with van der Waals surface area (Å²) < 4.78 is 0. The number of fused-ring (bicyclic) bond motifs is 4. The second-order valence-corrected chi connectivity index (χ2v) is 16.4. The van der Waals surface area contributed by atoms with Crippen molar-refractivity contribution in [3.05, 3.63) is 0 Å². The highest BCUT2D eigenvalue weighted by Gasteiger charge is 2.44. The van der Waals surface area contributed by atoms with E-state index < -0.39 is 0 Å². The molecule has 6 rings (SSSR count). The Balaban J connectivity index is 1.11. The maximum Gasteiger partial charge on any atom is 0.0204 e. The average Bonchev–Trinajstić information content (AvgIpc) is 3.17. The van der Waals surface area contributed by atoms with Crippen LogP contribution in [0, 0.1) is 23.7 Å². The molecule has 2 aliphatic heterocycles. The van der Waals surface area contributed by atoms with Crippen molar-refractivity contribution in [3.8, 4) is 0 Å². The predicted molar refractivity (Wildman–Crippen MR) is 156 cm³/mol. The number of hydrogen-bond acceptors (Lipinski definition) is 4. The summed E-state index contributed by atoms with van der Waals surface area (Å²) in [5.41, 5.74) is 0. The van der Waals surface area contributed by atoms with Crippen molar-refractivity contribution in [2.75, 3.05) is 0 Å². The van der Waals surface area contributed by atoms with Gasteiger partial charge >= 0.3 is 0 Å². The number of thioether (sulfide) groups is 2. The van der Waals surface area contributed by atoms with Gasteiger partial charge in [-0.15, -0.1) is 0 Å². The van der Waals surface area contributed by atoms with Gasteiger partial charge in [0.2, 0.25) is 0 Å². The van der Waals surface area contributed by atoms with Gasteiger partial charge in [-0.3, -0.25) is 0 Å². The van der Waals surface area contributed by atoms with Gasteiger partial charge in [0.25, 0.3) is 0 Å². The fraction of sp³-hybridized carbons (Fsp3) is 1.00. The normalized spacial score (nSPS) is 50.6. The Morgan fingerprint density at radius 2 is 0.914 bits per heavy atom. The summed E-state index contributed by atoms with van der Waals surface area (Å²) in [6.07, 6.45) is 25.0. The molecule has 35 heavy (non-hydrogen) atoms. The van der Waals surface area contributed by atoms with Gasteiger partial charge in [0.15, 0.2) is 0 Å². The van der Waals surface area contributed by atoms with Crippen molar-refractivity contribution in [2.45, 2.75) is 168 Å². The van der Waals surface area contributed by atoms with E-state index in [1.54, 1.807) is 6.42 Å². The zero-order valence-corrected chi connectivity index (χ0v) is 24.4.